The Bertz CT molecular complexity index is 1360. The highest BCUT2D eigenvalue weighted by Crippen LogP contribution is 2.47. The molecular formula is C26H28N4O4S. The lowest BCUT2D eigenvalue weighted by Crippen LogP contribution is -2.63. The first-order valence-corrected chi connectivity index (χ1v) is 13.2. The molecule has 3 N–H and O–H groups in total. The zero-order valence-corrected chi connectivity index (χ0v) is 20.1. The maximum absolute atomic E-state index is 13.6. The summed E-state index contributed by atoms with van der Waals surface area (Å²) >= 11 is 0. The number of amides is 2. The van der Waals surface area contributed by atoms with Crippen molar-refractivity contribution < 1.29 is 18.0 Å². The molecule has 2 aliphatic rings. The topological polar surface area (TPSA) is 111 Å². The van der Waals surface area contributed by atoms with E-state index in [1.807, 2.05) is 24.3 Å². The van der Waals surface area contributed by atoms with Gasteiger partial charge in [0.1, 0.15) is 5.69 Å². The molecule has 0 radical (unpaired) electrons. The SMILES string of the molecule is C=CC(=O)NC1CCN(S(=O)(=O)c2ccc(NC(=O)c3cc4ccccc4[nH]3)cc2)C2(CCC2)C1. The molecular weight excluding hydrogens is 464 g/mol. The second-order valence-corrected chi connectivity index (χ2v) is 11.2. The van der Waals surface area contributed by atoms with E-state index in [-0.39, 0.29) is 22.8 Å². The first kappa shape index (κ1) is 23.3. The van der Waals surface area contributed by atoms with E-state index in [1.165, 1.54) is 18.2 Å². The number of carbonyl (C=O) groups is 2. The van der Waals surface area contributed by atoms with Crippen molar-refractivity contribution in [1.29, 1.82) is 0 Å². The van der Waals surface area contributed by atoms with Crippen LogP contribution in [-0.2, 0) is 14.8 Å². The molecule has 2 aromatic carbocycles. The minimum atomic E-state index is -3.72. The minimum absolute atomic E-state index is 0.0607. The third kappa shape index (κ3) is 4.37. The zero-order chi connectivity index (χ0) is 24.6. The Labute approximate surface area is 204 Å². The molecule has 1 aliphatic heterocycles. The number of para-hydroxylation sites is 1. The standard InChI is InChI=1S/C26H28N4O4S/c1-2-24(31)27-20-12-15-30(26(17-20)13-5-14-26)35(33,34)21-10-8-19(9-11-21)28-25(32)23-16-18-6-3-4-7-22(18)29-23/h2-4,6-11,16,20,29H,1,5,12-15,17H2,(H,27,31)(H,28,32). The van der Waals surface area contributed by atoms with Gasteiger partial charge in [0.15, 0.2) is 0 Å². The van der Waals surface area contributed by atoms with Crippen molar-refractivity contribution in [1.82, 2.24) is 14.6 Å². The summed E-state index contributed by atoms with van der Waals surface area (Å²) in [5.41, 5.74) is 1.36. The van der Waals surface area contributed by atoms with Crippen molar-refractivity contribution in [2.45, 2.75) is 48.6 Å². The molecule has 2 fully saturated rings. The Kier molecular flexibility index (Phi) is 5.98. The number of hydrogen-bond acceptors (Lipinski definition) is 4. The van der Waals surface area contributed by atoms with Crippen molar-refractivity contribution in [3.63, 3.8) is 0 Å². The van der Waals surface area contributed by atoms with Gasteiger partial charge in [-0.1, -0.05) is 24.8 Å². The van der Waals surface area contributed by atoms with Crippen LogP contribution in [0.15, 0.2) is 72.1 Å². The van der Waals surface area contributed by atoms with Crippen LogP contribution in [0.2, 0.25) is 0 Å². The summed E-state index contributed by atoms with van der Waals surface area (Å²) in [5, 5.41) is 6.69. The molecule has 0 bridgehead atoms. The molecule has 1 unspecified atom stereocenters. The highest BCUT2D eigenvalue weighted by atomic mass is 32.2. The van der Waals surface area contributed by atoms with Crippen LogP contribution in [0.25, 0.3) is 10.9 Å². The number of piperidine rings is 1. The monoisotopic (exact) mass is 492 g/mol. The van der Waals surface area contributed by atoms with Gasteiger partial charge in [-0.25, -0.2) is 8.42 Å². The second kappa shape index (κ2) is 8.98. The predicted molar refractivity (Wildman–Crippen MR) is 135 cm³/mol. The molecule has 1 atom stereocenters. The molecule has 1 saturated carbocycles. The van der Waals surface area contributed by atoms with E-state index in [0.717, 1.165) is 30.2 Å². The van der Waals surface area contributed by atoms with Crippen LogP contribution in [0.5, 0.6) is 0 Å². The predicted octanol–water partition coefficient (Wildman–Crippen LogP) is 3.80. The van der Waals surface area contributed by atoms with Crippen molar-refractivity contribution >= 4 is 38.4 Å². The van der Waals surface area contributed by atoms with Gasteiger partial charge in [0.2, 0.25) is 15.9 Å². The lowest BCUT2D eigenvalue weighted by Gasteiger charge is -2.54. The van der Waals surface area contributed by atoms with E-state index < -0.39 is 15.6 Å². The van der Waals surface area contributed by atoms with Gasteiger partial charge in [-0.2, -0.15) is 4.31 Å². The summed E-state index contributed by atoms with van der Waals surface area (Å²) in [4.78, 5) is 27.7. The maximum Gasteiger partial charge on any atom is 0.272 e. The molecule has 1 aromatic heterocycles. The Morgan fingerprint density at radius 3 is 2.51 bits per heavy atom. The molecule has 8 nitrogen and oxygen atoms in total. The highest BCUT2D eigenvalue weighted by molar-refractivity contribution is 7.89. The summed E-state index contributed by atoms with van der Waals surface area (Å²) < 4.78 is 28.8. The molecule has 182 valence electrons. The van der Waals surface area contributed by atoms with Gasteiger partial charge in [-0.3, -0.25) is 9.59 Å². The number of H-pyrrole nitrogens is 1. The average molecular weight is 493 g/mol. The summed E-state index contributed by atoms with van der Waals surface area (Å²) in [7, 11) is -3.72. The van der Waals surface area contributed by atoms with Gasteiger partial charge in [0.05, 0.1) is 4.90 Å². The van der Waals surface area contributed by atoms with Crippen LogP contribution < -0.4 is 10.6 Å². The summed E-state index contributed by atoms with van der Waals surface area (Å²) in [6, 6.07) is 15.6. The molecule has 1 aliphatic carbocycles. The van der Waals surface area contributed by atoms with E-state index in [0.29, 0.717) is 30.8 Å². The number of rotatable bonds is 6. The van der Waals surface area contributed by atoms with Crippen LogP contribution in [0, 0.1) is 0 Å². The number of sulfonamides is 1. The van der Waals surface area contributed by atoms with E-state index in [4.69, 9.17) is 0 Å². The van der Waals surface area contributed by atoms with Crippen LogP contribution in [-0.4, -0.2) is 47.6 Å². The van der Waals surface area contributed by atoms with Crippen LogP contribution >= 0.6 is 0 Å². The first-order valence-electron chi connectivity index (χ1n) is 11.8. The highest BCUT2D eigenvalue weighted by Gasteiger charge is 2.51. The molecule has 1 spiro atoms. The number of anilines is 1. The number of hydrogen-bond donors (Lipinski definition) is 3. The quantitative estimate of drug-likeness (QED) is 0.455. The van der Waals surface area contributed by atoms with E-state index in [1.54, 1.807) is 22.5 Å². The van der Waals surface area contributed by atoms with Gasteiger partial charge in [-0.15, -0.1) is 0 Å². The fourth-order valence-electron chi connectivity index (χ4n) is 5.20. The normalized spacial score (nSPS) is 19.7. The average Bonchev–Trinajstić information content (AvgIpc) is 3.28. The van der Waals surface area contributed by atoms with E-state index in [2.05, 4.69) is 22.2 Å². The molecule has 2 amide bonds. The fourth-order valence-corrected chi connectivity index (χ4v) is 7.05. The van der Waals surface area contributed by atoms with Crippen LogP contribution in [0.3, 0.4) is 0 Å². The van der Waals surface area contributed by atoms with Crippen LogP contribution in [0.4, 0.5) is 5.69 Å². The summed E-state index contributed by atoms with van der Waals surface area (Å²) in [6.07, 6.45) is 4.93. The summed E-state index contributed by atoms with van der Waals surface area (Å²) in [5.74, 6) is -0.528. The molecule has 2 heterocycles. The molecule has 9 heteroatoms. The number of aromatic nitrogens is 1. The number of nitrogens with one attached hydrogen (secondary N) is 3. The van der Waals surface area contributed by atoms with Crippen molar-refractivity contribution in [2.24, 2.45) is 0 Å². The Morgan fingerprint density at radius 2 is 1.86 bits per heavy atom. The molecule has 35 heavy (non-hydrogen) atoms. The Hall–Kier alpha value is -3.43. The first-order chi connectivity index (χ1) is 16.8. The summed E-state index contributed by atoms with van der Waals surface area (Å²) in [6.45, 7) is 3.85. The van der Waals surface area contributed by atoms with Crippen molar-refractivity contribution in [3.05, 3.63) is 72.9 Å². The smallest absolute Gasteiger partial charge is 0.272 e. The zero-order valence-electron chi connectivity index (χ0n) is 19.3. The van der Waals surface area contributed by atoms with Gasteiger partial charge in [0.25, 0.3) is 5.91 Å². The van der Waals surface area contributed by atoms with Gasteiger partial charge in [0, 0.05) is 34.7 Å². The Morgan fingerprint density at radius 1 is 1.11 bits per heavy atom. The molecule has 5 rings (SSSR count). The number of fused-ring (bicyclic) bond motifs is 1. The lowest BCUT2D eigenvalue weighted by molar-refractivity contribution is -0.117. The molecule has 3 aromatic rings. The number of aromatic amines is 1. The van der Waals surface area contributed by atoms with E-state index >= 15 is 0 Å². The largest absolute Gasteiger partial charge is 0.351 e. The fraction of sp³-hybridized carbons (Fsp3) is 0.308. The lowest BCUT2D eigenvalue weighted by atomic mass is 9.70. The Balaban J connectivity index is 1.30. The van der Waals surface area contributed by atoms with E-state index in [9.17, 15) is 18.0 Å². The number of benzene rings is 2. The molecule has 1 saturated heterocycles. The van der Waals surface area contributed by atoms with Gasteiger partial charge < -0.3 is 15.6 Å². The number of nitrogens with zero attached hydrogens (tertiary/aromatic N) is 1. The van der Waals surface area contributed by atoms with Gasteiger partial charge in [-0.05, 0) is 74.6 Å². The second-order valence-electron chi connectivity index (χ2n) is 9.31. The van der Waals surface area contributed by atoms with Gasteiger partial charge >= 0.3 is 0 Å². The third-order valence-corrected chi connectivity index (χ3v) is 9.14. The van der Waals surface area contributed by atoms with Crippen molar-refractivity contribution in [2.75, 3.05) is 11.9 Å². The third-order valence-electron chi connectivity index (χ3n) is 7.13. The van der Waals surface area contributed by atoms with Crippen LogP contribution in [0.1, 0.15) is 42.6 Å². The maximum atomic E-state index is 13.6. The minimum Gasteiger partial charge on any atom is -0.351 e. The number of carbonyl (C=O) groups excluding carboxylic acids is 2. The van der Waals surface area contributed by atoms with Crippen molar-refractivity contribution in [3.8, 4) is 0 Å².